The first-order valence-corrected chi connectivity index (χ1v) is 3.68. The van der Waals surface area contributed by atoms with Crippen molar-refractivity contribution < 1.29 is 27.4 Å². The first-order valence-electron chi connectivity index (χ1n) is 2.31. The minimum Gasteiger partial charge on any atom is -0.412 e. The van der Waals surface area contributed by atoms with Crippen molar-refractivity contribution in [2.24, 2.45) is 0 Å². The fraction of sp³-hybridized carbons (Fsp3) is 1.00. The summed E-state index contributed by atoms with van der Waals surface area (Å²) < 4.78 is 36.2. The lowest BCUT2D eigenvalue weighted by atomic mass is 10.5. The zero-order chi connectivity index (χ0) is 6.91. The van der Waals surface area contributed by atoms with Gasteiger partial charge in [0.1, 0.15) is 6.10 Å². The van der Waals surface area contributed by atoms with Gasteiger partial charge < -0.3 is 10.2 Å². The molecule has 62 valence electrons. The van der Waals surface area contributed by atoms with Crippen molar-refractivity contribution in [3.05, 3.63) is 0 Å². The van der Waals surface area contributed by atoms with E-state index in [1.165, 1.54) is 0 Å². The van der Waals surface area contributed by atoms with Crippen LogP contribution >= 0.6 is 0 Å². The maximum atomic E-state index is 9.84. The third-order valence-electron chi connectivity index (χ3n) is 0.805. The molecule has 0 aliphatic carbocycles. The first kappa shape index (κ1) is 9.79. The summed E-state index contributed by atoms with van der Waals surface area (Å²) in [6.07, 6.45) is -0.146. The molecule has 0 aromatic rings. The van der Waals surface area contributed by atoms with Crippen LogP contribution in [0.3, 0.4) is 0 Å². The summed E-state index contributed by atoms with van der Waals surface area (Å²) in [5.41, 5.74) is 0. The summed E-state index contributed by atoms with van der Waals surface area (Å²) in [6, 6.07) is 0. The molecule has 1 aliphatic heterocycles. The smallest absolute Gasteiger partial charge is 0.397 e. The summed E-state index contributed by atoms with van der Waals surface area (Å²) in [4.78, 5) is 0. The van der Waals surface area contributed by atoms with E-state index in [2.05, 4.69) is 8.92 Å². The summed E-state index contributed by atoms with van der Waals surface area (Å²) in [6.45, 7) is 0.425. The van der Waals surface area contributed by atoms with Gasteiger partial charge in [-0.2, -0.15) is 8.42 Å². The van der Waals surface area contributed by atoms with E-state index in [0.717, 1.165) is 0 Å². The Bertz CT molecular complexity index is 179. The molecule has 1 unspecified atom stereocenters. The van der Waals surface area contributed by atoms with Gasteiger partial charge in [-0.3, -0.25) is 4.55 Å². The average Bonchev–Trinajstić information content (AvgIpc) is 2.38. The van der Waals surface area contributed by atoms with Gasteiger partial charge in [-0.1, -0.05) is 0 Å². The third-order valence-corrected chi connectivity index (χ3v) is 1.24. The highest BCUT2D eigenvalue weighted by atomic mass is 32.3. The maximum Gasteiger partial charge on any atom is 0.397 e. The molecule has 10 heavy (non-hydrogen) atoms. The Morgan fingerprint density at radius 2 is 2.20 bits per heavy atom. The first-order chi connectivity index (χ1) is 4.08. The van der Waals surface area contributed by atoms with Crippen LogP contribution in [0.4, 0.5) is 0 Å². The number of ether oxygens (including phenoxy) is 1. The molecule has 6 nitrogen and oxygen atoms in total. The summed E-state index contributed by atoms with van der Waals surface area (Å²) >= 11 is 0. The van der Waals surface area contributed by atoms with E-state index in [1.54, 1.807) is 0 Å². The van der Waals surface area contributed by atoms with Gasteiger partial charge in [0.25, 0.3) is 0 Å². The van der Waals surface area contributed by atoms with Gasteiger partial charge in [0.2, 0.25) is 0 Å². The normalized spacial score (nSPS) is 23.5. The van der Waals surface area contributed by atoms with E-state index in [4.69, 9.17) is 4.55 Å². The number of rotatable bonds is 3. The minimum atomic E-state index is -4.26. The van der Waals surface area contributed by atoms with Crippen molar-refractivity contribution >= 4 is 10.4 Å². The molecule has 0 aromatic heterocycles. The molecule has 1 aliphatic rings. The summed E-state index contributed by atoms with van der Waals surface area (Å²) in [5.74, 6) is 0. The lowest BCUT2D eigenvalue weighted by molar-refractivity contribution is 0.236. The topological polar surface area (TPSA) is 108 Å². The van der Waals surface area contributed by atoms with E-state index < -0.39 is 10.4 Å². The molecule has 1 atom stereocenters. The van der Waals surface area contributed by atoms with Gasteiger partial charge in [0.05, 0.1) is 13.2 Å². The molecule has 7 heteroatoms. The van der Waals surface area contributed by atoms with Crippen molar-refractivity contribution in [3.63, 3.8) is 0 Å². The number of hydrogen-bond acceptors (Lipinski definition) is 4. The Kier molecular flexibility index (Phi) is 3.19. The summed E-state index contributed by atoms with van der Waals surface area (Å²) in [5, 5.41) is 0. The molecule has 0 saturated carbocycles. The number of epoxide rings is 1. The molecule has 0 aromatic carbocycles. The van der Waals surface area contributed by atoms with Crippen molar-refractivity contribution in [1.29, 1.82) is 0 Å². The van der Waals surface area contributed by atoms with Crippen LogP contribution < -0.4 is 0 Å². The Morgan fingerprint density at radius 3 is 2.50 bits per heavy atom. The predicted molar refractivity (Wildman–Crippen MR) is 30.9 cm³/mol. The number of hydrogen-bond donors (Lipinski definition) is 1. The van der Waals surface area contributed by atoms with Gasteiger partial charge in [-0.05, 0) is 0 Å². The fourth-order valence-corrected chi connectivity index (χ4v) is 0.650. The lowest BCUT2D eigenvalue weighted by Crippen LogP contribution is -2.08. The SMILES string of the molecule is O.O=S(=O)(O)OCC1CO1. The zero-order valence-electron chi connectivity index (χ0n) is 4.98. The molecule has 1 fully saturated rings. The lowest BCUT2D eigenvalue weighted by Gasteiger charge is -1.92. The standard InChI is InChI=1S/C3H6O5S.H2O/c4-9(5,6)8-2-3-1-7-3;/h3H,1-2H2,(H,4,5,6);1H2. The molecule has 0 radical (unpaired) electrons. The van der Waals surface area contributed by atoms with Crippen molar-refractivity contribution in [2.45, 2.75) is 6.10 Å². The van der Waals surface area contributed by atoms with Crippen LogP contribution in [0.1, 0.15) is 0 Å². The van der Waals surface area contributed by atoms with Crippen molar-refractivity contribution in [2.75, 3.05) is 13.2 Å². The Labute approximate surface area is 58.0 Å². The minimum absolute atomic E-state index is 0. The second-order valence-electron chi connectivity index (χ2n) is 1.67. The highest BCUT2D eigenvalue weighted by molar-refractivity contribution is 7.80. The Balaban J connectivity index is 0.000000810. The molecule has 1 rings (SSSR count). The van der Waals surface area contributed by atoms with Gasteiger partial charge in [0.15, 0.2) is 0 Å². The van der Waals surface area contributed by atoms with Crippen LogP contribution in [0.25, 0.3) is 0 Å². The quantitative estimate of drug-likeness (QED) is 0.406. The van der Waals surface area contributed by atoms with Crippen LogP contribution in [0.5, 0.6) is 0 Å². The maximum absolute atomic E-state index is 9.84. The van der Waals surface area contributed by atoms with E-state index in [1.807, 2.05) is 0 Å². The van der Waals surface area contributed by atoms with E-state index in [0.29, 0.717) is 6.61 Å². The van der Waals surface area contributed by atoms with Gasteiger partial charge in [0, 0.05) is 0 Å². The van der Waals surface area contributed by atoms with E-state index >= 15 is 0 Å². The van der Waals surface area contributed by atoms with Crippen LogP contribution in [-0.2, 0) is 19.3 Å². The Hall–Kier alpha value is -0.210. The molecule has 0 spiro atoms. The molecule has 3 N–H and O–H groups in total. The van der Waals surface area contributed by atoms with E-state index in [9.17, 15) is 8.42 Å². The zero-order valence-corrected chi connectivity index (χ0v) is 5.80. The fourth-order valence-electron chi connectivity index (χ4n) is 0.326. The average molecular weight is 172 g/mol. The second-order valence-corrected chi connectivity index (χ2v) is 2.76. The third kappa shape index (κ3) is 4.65. The predicted octanol–water partition coefficient (Wildman–Crippen LogP) is -1.62. The molecule has 0 bridgehead atoms. The molecule has 0 amide bonds. The summed E-state index contributed by atoms with van der Waals surface area (Å²) in [7, 11) is -4.26. The van der Waals surface area contributed by atoms with Gasteiger partial charge in [-0.15, -0.1) is 0 Å². The highest BCUT2D eigenvalue weighted by Crippen LogP contribution is 2.09. The van der Waals surface area contributed by atoms with Crippen LogP contribution in [0, 0.1) is 0 Å². The highest BCUT2D eigenvalue weighted by Gasteiger charge is 2.24. The molecule has 1 heterocycles. The second kappa shape index (κ2) is 3.26. The Morgan fingerprint density at radius 1 is 1.70 bits per heavy atom. The van der Waals surface area contributed by atoms with Crippen LogP contribution in [-0.4, -0.2) is 37.8 Å². The van der Waals surface area contributed by atoms with Crippen LogP contribution in [0.2, 0.25) is 0 Å². The van der Waals surface area contributed by atoms with Gasteiger partial charge >= 0.3 is 10.4 Å². The largest absolute Gasteiger partial charge is 0.412 e. The van der Waals surface area contributed by atoms with Crippen molar-refractivity contribution in [1.82, 2.24) is 0 Å². The van der Waals surface area contributed by atoms with Gasteiger partial charge in [-0.25, -0.2) is 4.18 Å². The van der Waals surface area contributed by atoms with E-state index in [-0.39, 0.29) is 18.2 Å². The molecule has 1 saturated heterocycles. The van der Waals surface area contributed by atoms with Crippen LogP contribution in [0.15, 0.2) is 0 Å². The molecular weight excluding hydrogens is 164 g/mol. The molecular formula is C3H8O6S. The monoisotopic (exact) mass is 172 g/mol. The van der Waals surface area contributed by atoms with Crippen molar-refractivity contribution in [3.8, 4) is 0 Å².